The summed E-state index contributed by atoms with van der Waals surface area (Å²) in [4.78, 5) is 24.4. The molecule has 9 heteroatoms. The van der Waals surface area contributed by atoms with Crippen molar-refractivity contribution in [2.45, 2.75) is 20.8 Å². The van der Waals surface area contributed by atoms with Crippen LogP contribution in [0.1, 0.15) is 37.8 Å². The van der Waals surface area contributed by atoms with Gasteiger partial charge in [0.2, 0.25) is 0 Å². The lowest BCUT2D eigenvalue weighted by molar-refractivity contribution is 0.0845. The Bertz CT molecular complexity index is 912. The maximum absolute atomic E-state index is 12.2. The molecule has 0 spiro atoms. The van der Waals surface area contributed by atoms with E-state index in [4.69, 9.17) is 4.42 Å². The fourth-order valence-electron chi connectivity index (χ4n) is 2.42. The largest absolute Gasteiger partial charge is 0.466 e. The van der Waals surface area contributed by atoms with Crippen LogP contribution in [-0.4, -0.2) is 32.0 Å². The van der Waals surface area contributed by atoms with E-state index in [0.29, 0.717) is 28.3 Å². The number of rotatable bonds is 3. The van der Waals surface area contributed by atoms with Crippen molar-refractivity contribution in [2.24, 2.45) is 0 Å². The molecule has 0 aliphatic heterocycles. The van der Waals surface area contributed by atoms with E-state index in [1.807, 2.05) is 0 Å². The van der Waals surface area contributed by atoms with Crippen molar-refractivity contribution >= 4 is 11.8 Å². The van der Waals surface area contributed by atoms with Gasteiger partial charge in [-0.2, -0.15) is 0 Å². The average molecular weight is 340 g/mol. The molecule has 0 aliphatic carbocycles. The number of carbonyl (C=O) groups excluding carboxylic acids is 2. The summed E-state index contributed by atoms with van der Waals surface area (Å²) in [6, 6.07) is 6.61. The minimum Gasteiger partial charge on any atom is -0.466 e. The number of aryl methyl sites for hydroxylation is 2. The van der Waals surface area contributed by atoms with Crippen LogP contribution in [0.4, 0.5) is 0 Å². The number of carbonyl (C=O) groups is 2. The van der Waals surface area contributed by atoms with Gasteiger partial charge in [-0.1, -0.05) is 0 Å². The van der Waals surface area contributed by atoms with Gasteiger partial charge in [0.15, 0.2) is 0 Å². The van der Waals surface area contributed by atoms with Crippen LogP contribution >= 0.6 is 0 Å². The van der Waals surface area contributed by atoms with Crippen LogP contribution in [0.2, 0.25) is 0 Å². The second kappa shape index (κ2) is 6.56. The average Bonchev–Trinajstić information content (AvgIpc) is 3.22. The Labute approximate surface area is 143 Å². The summed E-state index contributed by atoms with van der Waals surface area (Å²) in [6.07, 6.45) is 1.45. The molecule has 128 valence electrons. The normalized spacial score (nSPS) is 10.5. The summed E-state index contributed by atoms with van der Waals surface area (Å²) in [5.74, 6) is 0.317. The van der Waals surface area contributed by atoms with Gasteiger partial charge in [0.25, 0.3) is 11.8 Å². The summed E-state index contributed by atoms with van der Waals surface area (Å²) in [6.45, 7) is 5.28. The minimum absolute atomic E-state index is 0.383. The van der Waals surface area contributed by atoms with Gasteiger partial charge in [0, 0.05) is 11.1 Å². The summed E-state index contributed by atoms with van der Waals surface area (Å²) < 4.78 is 6.88. The number of hydrazine groups is 1. The minimum atomic E-state index is -0.438. The van der Waals surface area contributed by atoms with Crippen molar-refractivity contribution in [1.82, 2.24) is 31.1 Å². The highest BCUT2D eigenvalue weighted by Gasteiger charge is 2.19. The molecule has 9 nitrogen and oxygen atoms in total. The van der Waals surface area contributed by atoms with Gasteiger partial charge in [-0.05, 0) is 55.5 Å². The predicted molar refractivity (Wildman–Crippen MR) is 87.0 cm³/mol. The van der Waals surface area contributed by atoms with Crippen LogP contribution in [0, 0.1) is 20.8 Å². The summed E-state index contributed by atoms with van der Waals surface area (Å²) in [7, 11) is 0. The lowest BCUT2D eigenvalue weighted by Gasteiger charge is -2.08. The van der Waals surface area contributed by atoms with E-state index in [2.05, 4.69) is 26.4 Å². The highest BCUT2D eigenvalue weighted by Crippen LogP contribution is 2.20. The quantitative estimate of drug-likeness (QED) is 0.694. The van der Waals surface area contributed by atoms with Crippen LogP contribution in [0.25, 0.3) is 5.69 Å². The van der Waals surface area contributed by atoms with Gasteiger partial charge in [-0.25, -0.2) is 4.68 Å². The van der Waals surface area contributed by atoms with Gasteiger partial charge >= 0.3 is 0 Å². The Morgan fingerprint density at radius 1 is 1.00 bits per heavy atom. The van der Waals surface area contributed by atoms with Crippen LogP contribution < -0.4 is 10.9 Å². The number of benzene rings is 1. The van der Waals surface area contributed by atoms with E-state index in [1.54, 1.807) is 45.0 Å². The van der Waals surface area contributed by atoms with E-state index in [0.717, 1.165) is 5.56 Å². The van der Waals surface area contributed by atoms with Gasteiger partial charge in [0.1, 0.15) is 17.8 Å². The third kappa shape index (κ3) is 3.25. The van der Waals surface area contributed by atoms with Crippen molar-refractivity contribution in [1.29, 1.82) is 0 Å². The van der Waals surface area contributed by atoms with Crippen molar-refractivity contribution in [3.8, 4) is 5.69 Å². The number of amides is 2. The van der Waals surface area contributed by atoms with Crippen LogP contribution in [0.3, 0.4) is 0 Å². The molecule has 2 heterocycles. The Balaban J connectivity index is 1.65. The monoisotopic (exact) mass is 340 g/mol. The molecule has 0 saturated heterocycles. The Hall–Kier alpha value is -3.49. The Morgan fingerprint density at radius 2 is 1.68 bits per heavy atom. The number of hydrogen-bond donors (Lipinski definition) is 2. The molecule has 3 aromatic rings. The van der Waals surface area contributed by atoms with E-state index in [-0.39, 0.29) is 0 Å². The molecule has 2 N–H and O–H groups in total. The molecule has 2 amide bonds. The fourth-order valence-corrected chi connectivity index (χ4v) is 2.42. The maximum Gasteiger partial charge on any atom is 0.273 e. The molecular formula is C16H16N6O3. The van der Waals surface area contributed by atoms with Crippen LogP contribution in [0.5, 0.6) is 0 Å². The van der Waals surface area contributed by atoms with E-state index >= 15 is 0 Å². The molecule has 0 aliphatic rings. The van der Waals surface area contributed by atoms with Crippen molar-refractivity contribution in [3.63, 3.8) is 0 Å². The predicted octanol–water partition coefficient (Wildman–Crippen LogP) is 1.26. The van der Waals surface area contributed by atoms with Crippen molar-refractivity contribution in [3.05, 3.63) is 58.8 Å². The molecule has 0 unspecified atom stereocenters. The molecule has 25 heavy (non-hydrogen) atoms. The third-order valence-electron chi connectivity index (χ3n) is 3.82. The smallest absolute Gasteiger partial charge is 0.273 e. The molecule has 0 saturated carbocycles. The van der Waals surface area contributed by atoms with Gasteiger partial charge < -0.3 is 4.42 Å². The zero-order valence-corrected chi connectivity index (χ0v) is 13.9. The molecule has 0 fully saturated rings. The molecule has 0 radical (unpaired) electrons. The Kier molecular flexibility index (Phi) is 4.29. The SMILES string of the molecule is Cc1oc(C)c(C(=O)NNC(=O)c2ccc(-n3cnnn3)cc2)c1C. The number of nitrogens with one attached hydrogen (secondary N) is 2. The number of hydrogen-bond acceptors (Lipinski definition) is 6. The zero-order valence-electron chi connectivity index (χ0n) is 13.9. The number of nitrogens with zero attached hydrogens (tertiary/aromatic N) is 4. The second-order valence-corrected chi connectivity index (χ2v) is 5.42. The van der Waals surface area contributed by atoms with Gasteiger partial charge in [-0.15, -0.1) is 5.10 Å². The van der Waals surface area contributed by atoms with Crippen LogP contribution in [-0.2, 0) is 0 Å². The van der Waals surface area contributed by atoms with Gasteiger partial charge in [0.05, 0.1) is 11.3 Å². The fraction of sp³-hybridized carbons (Fsp3) is 0.188. The second-order valence-electron chi connectivity index (χ2n) is 5.42. The lowest BCUT2D eigenvalue weighted by atomic mass is 10.1. The van der Waals surface area contributed by atoms with Crippen molar-refractivity contribution < 1.29 is 14.0 Å². The summed E-state index contributed by atoms with van der Waals surface area (Å²) in [5.41, 5.74) is 7.05. The Morgan fingerprint density at radius 3 is 2.24 bits per heavy atom. The lowest BCUT2D eigenvalue weighted by Crippen LogP contribution is -2.41. The standard InChI is InChI=1S/C16H16N6O3/c1-9-10(2)25-11(3)14(9)16(24)19-18-15(23)12-4-6-13(7-5-12)22-8-17-20-21-22/h4-8H,1-3H3,(H,18,23)(H,19,24). The first-order valence-corrected chi connectivity index (χ1v) is 7.48. The number of aromatic nitrogens is 4. The van der Waals surface area contributed by atoms with E-state index in [1.165, 1.54) is 11.0 Å². The number of tetrazole rings is 1. The maximum atomic E-state index is 12.2. The topological polar surface area (TPSA) is 115 Å². The molecule has 0 bridgehead atoms. The third-order valence-corrected chi connectivity index (χ3v) is 3.82. The first-order chi connectivity index (χ1) is 12.0. The highest BCUT2D eigenvalue weighted by atomic mass is 16.3. The number of furan rings is 1. The molecular weight excluding hydrogens is 324 g/mol. The summed E-state index contributed by atoms with van der Waals surface area (Å²) in [5, 5.41) is 10.9. The first-order valence-electron chi connectivity index (χ1n) is 7.48. The molecule has 0 atom stereocenters. The zero-order chi connectivity index (χ0) is 18.0. The molecule has 2 aromatic heterocycles. The van der Waals surface area contributed by atoms with Gasteiger partial charge in [-0.3, -0.25) is 20.4 Å². The van der Waals surface area contributed by atoms with E-state index < -0.39 is 11.8 Å². The highest BCUT2D eigenvalue weighted by molar-refractivity contribution is 6.00. The van der Waals surface area contributed by atoms with Crippen LogP contribution in [0.15, 0.2) is 35.0 Å². The molecule has 1 aromatic carbocycles. The van der Waals surface area contributed by atoms with E-state index in [9.17, 15) is 9.59 Å². The molecule has 3 rings (SSSR count). The summed E-state index contributed by atoms with van der Waals surface area (Å²) >= 11 is 0. The first kappa shape index (κ1) is 16.4. The van der Waals surface area contributed by atoms with Crippen molar-refractivity contribution in [2.75, 3.05) is 0 Å².